The van der Waals surface area contributed by atoms with Gasteiger partial charge in [-0.05, 0) is 5.92 Å². The molecule has 0 aromatic rings. The van der Waals surface area contributed by atoms with Crippen molar-refractivity contribution in [1.82, 2.24) is 0 Å². The summed E-state index contributed by atoms with van der Waals surface area (Å²) in [5.74, 6) is -0.123. The molecule has 0 aliphatic carbocycles. The van der Waals surface area contributed by atoms with Crippen molar-refractivity contribution in [3.8, 4) is 6.07 Å². The zero-order chi connectivity index (χ0) is 13.9. The molecule has 0 aromatic heterocycles. The van der Waals surface area contributed by atoms with E-state index in [9.17, 15) is 15.3 Å². The maximum Gasteiger partial charge on any atom is 0.188 e. The van der Waals surface area contributed by atoms with Gasteiger partial charge in [0.1, 0.15) is 30.5 Å². The quantitative estimate of drug-likeness (QED) is 0.478. The number of aliphatic hydroxyl groups excluding tert-OH is 4. The summed E-state index contributed by atoms with van der Waals surface area (Å²) in [4.78, 5) is 0. The van der Waals surface area contributed by atoms with Crippen LogP contribution in [0.5, 0.6) is 0 Å². The smallest absolute Gasteiger partial charge is 0.188 e. The molecule has 0 saturated carbocycles. The van der Waals surface area contributed by atoms with E-state index in [1.54, 1.807) is 13.8 Å². The van der Waals surface area contributed by atoms with E-state index in [1.807, 2.05) is 6.07 Å². The lowest BCUT2D eigenvalue weighted by atomic mass is 9.99. The maximum atomic E-state index is 9.70. The number of nitriles is 1. The van der Waals surface area contributed by atoms with Gasteiger partial charge in [0.25, 0.3) is 0 Å². The van der Waals surface area contributed by atoms with E-state index in [4.69, 9.17) is 19.8 Å². The van der Waals surface area contributed by atoms with E-state index in [0.29, 0.717) is 0 Å². The summed E-state index contributed by atoms with van der Waals surface area (Å²) in [5, 5.41) is 46.7. The second kappa shape index (κ2) is 6.43. The van der Waals surface area contributed by atoms with Crippen LogP contribution >= 0.6 is 0 Å². The van der Waals surface area contributed by atoms with Crippen molar-refractivity contribution in [2.45, 2.75) is 50.7 Å². The maximum absolute atomic E-state index is 9.70. The van der Waals surface area contributed by atoms with Gasteiger partial charge in [0.15, 0.2) is 6.29 Å². The molecule has 0 aromatic carbocycles. The van der Waals surface area contributed by atoms with Gasteiger partial charge >= 0.3 is 0 Å². The van der Waals surface area contributed by atoms with Crippen LogP contribution in [0.1, 0.15) is 13.8 Å². The monoisotopic (exact) mass is 261 g/mol. The molecule has 0 unspecified atom stereocenters. The summed E-state index contributed by atoms with van der Waals surface area (Å²) in [5.41, 5.74) is 0. The Bertz CT molecular complexity index is 302. The van der Waals surface area contributed by atoms with Crippen LogP contribution in [0.3, 0.4) is 0 Å². The SMILES string of the molecule is CC(C)[C@@H](C#N)O[C@@H]1O[C@H](CO)[C@@H](O)[C@H](O)[C@H]1O. The summed E-state index contributed by atoms with van der Waals surface area (Å²) in [6, 6.07) is 1.91. The number of aliphatic hydroxyl groups is 4. The molecule has 0 amide bonds. The molecule has 1 aliphatic rings. The zero-order valence-corrected chi connectivity index (χ0v) is 10.3. The van der Waals surface area contributed by atoms with Crippen molar-refractivity contribution in [2.75, 3.05) is 6.61 Å². The van der Waals surface area contributed by atoms with E-state index in [2.05, 4.69) is 0 Å². The lowest BCUT2D eigenvalue weighted by Gasteiger charge is -2.40. The minimum atomic E-state index is -1.49. The van der Waals surface area contributed by atoms with E-state index in [1.165, 1.54) is 0 Å². The second-order valence-corrected chi connectivity index (χ2v) is 4.63. The summed E-state index contributed by atoms with van der Waals surface area (Å²) in [7, 11) is 0. The minimum absolute atomic E-state index is 0.123. The highest BCUT2D eigenvalue weighted by Crippen LogP contribution is 2.24. The Morgan fingerprint density at radius 3 is 2.28 bits per heavy atom. The molecule has 7 nitrogen and oxygen atoms in total. The van der Waals surface area contributed by atoms with Crippen LogP contribution < -0.4 is 0 Å². The molecule has 1 aliphatic heterocycles. The molecular formula is C11H19NO6. The first kappa shape index (κ1) is 15.3. The van der Waals surface area contributed by atoms with Crippen LogP contribution in [-0.2, 0) is 9.47 Å². The average molecular weight is 261 g/mol. The predicted octanol–water partition coefficient (Wildman–Crippen LogP) is -1.65. The van der Waals surface area contributed by atoms with Gasteiger partial charge in [-0.2, -0.15) is 5.26 Å². The van der Waals surface area contributed by atoms with Crippen LogP contribution in [0.15, 0.2) is 0 Å². The second-order valence-electron chi connectivity index (χ2n) is 4.63. The standard InChI is InChI=1S/C11H19NO6/c1-5(2)6(3-12)17-11-10(16)9(15)8(14)7(4-13)18-11/h5-11,13-16H,4H2,1-2H3/t6-,7-,8-,9+,10-,11-/m1/s1. The van der Waals surface area contributed by atoms with Gasteiger partial charge in [-0.25, -0.2) is 0 Å². The third-order valence-electron chi connectivity index (χ3n) is 2.86. The Balaban J connectivity index is 2.73. The first-order valence-corrected chi connectivity index (χ1v) is 5.78. The highest BCUT2D eigenvalue weighted by atomic mass is 16.7. The number of rotatable bonds is 4. The highest BCUT2D eigenvalue weighted by Gasteiger charge is 2.45. The summed E-state index contributed by atoms with van der Waals surface area (Å²) >= 11 is 0. The number of ether oxygens (including phenoxy) is 2. The van der Waals surface area contributed by atoms with Crippen molar-refractivity contribution in [3.63, 3.8) is 0 Å². The average Bonchev–Trinajstić information content (AvgIpc) is 2.35. The van der Waals surface area contributed by atoms with Gasteiger partial charge < -0.3 is 29.9 Å². The fourth-order valence-electron chi connectivity index (χ4n) is 1.66. The van der Waals surface area contributed by atoms with Gasteiger partial charge in [-0.15, -0.1) is 0 Å². The molecule has 0 radical (unpaired) electrons. The Morgan fingerprint density at radius 1 is 1.22 bits per heavy atom. The molecule has 4 N–H and O–H groups in total. The lowest BCUT2D eigenvalue weighted by Crippen LogP contribution is -2.59. The molecule has 0 bridgehead atoms. The van der Waals surface area contributed by atoms with Gasteiger partial charge in [-0.3, -0.25) is 0 Å². The Kier molecular flexibility index (Phi) is 5.47. The summed E-state index contributed by atoms with van der Waals surface area (Å²) < 4.78 is 10.4. The van der Waals surface area contributed by atoms with Gasteiger partial charge in [-0.1, -0.05) is 13.8 Å². The fraction of sp³-hybridized carbons (Fsp3) is 0.909. The number of hydrogen-bond acceptors (Lipinski definition) is 7. The zero-order valence-electron chi connectivity index (χ0n) is 10.3. The fourth-order valence-corrected chi connectivity index (χ4v) is 1.66. The molecule has 104 valence electrons. The highest BCUT2D eigenvalue weighted by molar-refractivity contribution is 4.92. The predicted molar refractivity (Wildman–Crippen MR) is 59.1 cm³/mol. The molecule has 1 fully saturated rings. The Morgan fingerprint density at radius 2 is 1.83 bits per heavy atom. The van der Waals surface area contributed by atoms with Gasteiger partial charge in [0.2, 0.25) is 0 Å². The summed E-state index contributed by atoms with van der Waals surface area (Å²) in [6.07, 6.45) is -7.49. The van der Waals surface area contributed by atoms with Crippen molar-refractivity contribution in [3.05, 3.63) is 0 Å². The molecule has 6 atom stereocenters. The molecule has 7 heteroatoms. The van der Waals surface area contributed by atoms with Crippen LogP contribution in [0, 0.1) is 17.2 Å². The third kappa shape index (κ3) is 3.17. The van der Waals surface area contributed by atoms with E-state index >= 15 is 0 Å². The van der Waals surface area contributed by atoms with Crippen LogP contribution in [0.4, 0.5) is 0 Å². The third-order valence-corrected chi connectivity index (χ3v) is 2.86. The van der Waals surface area contributed by atoms with Gasteiger partial charge in [0, 0.05) is 0 Å². The topological polar surface area (TPSA) is 123 Å². The number of nitrogens with zero attached hydrogens (tertiary/aromatic N) is 1. The van der Waals surface area contributed by atoms with Crippen molar-refractivity contribution >= 4 is 0 Å². The molecule has 18 heavy (non-hydrogen) atoms. The van der Waals surface area contributed by atoms with Crippen molar-refractivity contribution in [1.29, 1.82) is 5.26 Å². The summed E-state index contributed by atoms with van der Waals surface area (Å²) in [6.45, 7) is 3.00. The molecule has 1 rings (SSSR count). The number of hydrogen-bond donors (Lipinski definition) is 4. The van der Waals surface area contributed by atoms with E-state index < -0.39 is 43.4 Å². The van der Waals surface area contributed by atoms with Crippen LogP contribution in [-0.4, -0.2) is 63.8 Å². The molecule has 1 saturated heterocycles. The Labute approximate surface area is 105 Å². The van der Waals surface area contributed by atoms with E-state index in [-0.39, 0.29) is 5.92 Å². The largest absolute Gasteiger partial charge is 0.394 e. The molecular weight excluding hydrogens is 242 g/mol. The van der Waals surface area contributed by atoms with Crippen molar-refractivity contribution in [2.24, 2.45) is 5.92 Å². The molecule has 0 spiro atoms. The normalized spacial score (nSPS) is 38.4. The van der Waals surface area contributed by atoms with E-state index in [0.717, 1.165) is 0 Å². The Hall–Kier alpha value is -0.750. The van der Waals surface area contributed by atoms with Crippen LogP contribution in [0.2, 0.25) is 0 Å². The van der Waals surface area contributed by atoms with Gasteiger partial charge in [0.05, 0.1) is 12.7 Å². The first-order valence-electron chi connectivity index (χ1n) is 5.78. The minimum Gasteiger partial charge on any atom is -0.394 e. The molecule has 1 heterocycles. The van der Waals surface area contributed by atoms with Crippen molar-refractivity contribution < 1.29 is 29.9 Å². The first-order chi connectivity index (χ1) is 8.42. The lowest BCUT2D eigenvalue weighted by molar-refractivity contribution is -0.309. The van der Waals surface area contributed by atoms with Crippen LogP contribution in [0.25, 0.3) is 0 Å².